The zero-order valence-electron chi connectivity index (χ0n) is 14.3. The summed E-state index contributed by atoms with van der Waals surface area (Å²) in [5.74, 6) is -0.451. The van der Waals surface area contributed by atoms with Crippen LogP contribution in [0.3, 0.4) is 0 Å². The van der Waals surface area contributed by atoms with Gasteiger partial charge >= 0.3 is 0 Å². The van der Waals surface area contributed by atoms with Crippen LogP contribution in [0.25, 0.3) is 0 Å². The molecule has 0 bridgehead atoms. The first-order valence-electron chi connectivity index (χ1n) is 8.22. The molecule has 0 saturated carbocycles. The molecule has 1 aliphatic heterocycles. The highest BCUT2D eigenvalue weighted by Crippen LogP contribution is 2.19. The molecule has 2 N–H and O–H groups in total. The summed E-state index contributed by atoms with van der Waals surface area (Å²) in [6.07, 6.45) is 1.83. The van der Waals surface area contributed by atoms with Gasteiger partial charge < -0.3 is 10.6 Å². The summed E-state index contributed by atoms with van der Waals surface area (Å²) in [6, 6.07) is 7.08. The molecule has 8 heteroatoms. The molecule has 1 saturated heterocycles. The summed E-state index contributed by atoms with van der Waals surface area (Å²) in [5, 5.41) is 0. The van der Waals surface area contributed by atoms with E-state index in [4.69, 9.17) is 5.73 Å². The Bertz CT molecular complexity index is 652. The third-order valence-corrected chi connectivity index (χ3v) is 6.29. The molecule has 0 aromatic heterocycles. The van der Waals surface area contributed by atoms with E-state index in [1.807, 2.05) is 19.1 Å². The molecule has 1 fully saturated rings. The highest BCUT2D eigenvalue weighted by atomic mass is 32.2. The van der Waals surface area contributed by atoms with Crippen LogP contribution in [0, 0.1) is 0 Å². The van der Waals surface area contributed by atoms with E-state index in [2.05, 4.69) is 4.90 Å². The standard InChI is InChI=1S/C16H26N4O3S/c1-3-4-9-18(2)24(22,23)20-12-10-19(11-13-20)15-7-5-14(6-8-15)16(17)21/h5-8H,3-4,9-13H2,1-2H3,(H2,17,21). The zero-order chi connectivity index (χ0) is 17.7. The number of carbonyl (C=O) groups excluding carboxylic acids is 1. The SMILES string of the molecule is CCCCN(C)S(=O)(=O)N1CCN(c2ccc(C(N)=O)cc2)CC1. The number of rotatable bonds is 7. The topological polar surface area (TPSA) is 87.0 Å². The van der Waals surface area contributed by atoms with E-state index in [-0.39, 0.29) is 0 Å². The van der Waals surface area contributed by atoms with Gasteiger partial charge in [0, 0.05) is 51.0 Å². The zero-order valence-corrected chi connectivity index (χ0v) is 15.1. The quantitative estimate of drug-likeness (QED) is 0.788. The molecule has 0 unspecified atom stereocenters. The second-order valence-corrected chi connectivity index (χ2v) is 8.02. The largest absolute Gasteiger partial charge is 0.369 e. The van der Waals surface area contributed by atoms with Gasteiger partial charge in [0.15, 0.2) is 0 Å². The Hall–Kier alpha value is -1.64. The maximum absolute atomic E-state index is 12.5. The van der Waals surface area contributed by atoms with Crippen LogP contribution in [-0.4, -0.2) is 62.7 Å². The van der Waals surface area contributed by atoms with E-state index in [0.29, 0.717) is 38.3 Å². The van der Waals surface area contributed by atoms with Crippen LogP contribution in [0.5, 0.6) is 0 Å². The molecule has 24 heavy (non-hydrogen) atoms. The molecule has 134 valence electrons. The molecule has 0 aliphatic carbocycles. The summed E-state index contributed by atoms with van der Waals surface area (Å²) in [5.41, 5.74) is 6.68. The lowest BCUT2D eigenvalue weighted by molar-refractivity contribution is 0.100. The maximum Gasteiger partial charge on any atom is 0.281 e. The minimum atomic E-state index is -3.38. The summed E-state index contributed by atoms with van der Waals surface area (Å²) >= 11 is 0. The van der Waals surface area contributed by atoms with Crippen LogP contribution in [0.1, 0.15) is 30.1 Å². The number of benzene rings is 1. The van der Waals surface area contributed by atoms with E-state index in [9.17, 15) is 13.2 Å². The molecule has 0 spiro atoms. The number of anilines is 1. The van der Waals surface area contributed by atoms with Gasteiger partial charge in [0.1, 0.15) is 0 Å². The number of unbranched alkanes of at least 4 members (excludes halogenated alkanes) is 1. The fraction of sp³-hybridized carbons (Fsp3) is 0.562. The van der Waals surface area contributed by atoms with E-state index in [1.165, 1.54) is 8.61 Å². The lowest BCUT2D eigenvalue weighted by Gasteiger charge is -2.37. The molecule has 0 atom stereocenters. The molecule has 7 nitrogen and oxygen atoms in total. The summed E-state index contributed by atoms with van der Waals surface area (Å²) in [6.45, 7) is 4.75. The summed E-state index contributed by atoms with van der Waals surface area (Å²) < 4.78 is 28.0. The Morgan fingerprint density at radius 1 is 1.17 bits per heavy atom. The first kappa shape index (κ1) is 18.7. The number of hydrogen-bond acceptors (Lipinski definition) is 4. The second-order valence-electron chi connectivity index (χ2n) is 5.98. The second kappa shape index (κ2) is 7.96. The Morgan fingerprint density at radius 3 is 2.25 bits per heavy atom. The molecule has 1 heterocycles. The van der Waals surface area contributed by atoms with E-state index >= 15 is 0 Å². The smallest absolute Gasteiger partial charge is 0.281 e. The highest BCUT2D eigenvalue weighted by Gasteiger charge is 2.30. The van der Waals surface area contributed by atoms with Crippen molar-refractivity contribution in [1.29, 1.82) is 0 Å². The van der Waals surface area contributed by atoms with Gasteiger partial charge in [-0.3, -0.25) is 4.79 Å². The fourth-order valence-electron chi connectivity index (χ4n) is 2.71. The van der Waals surface area contributed by atoms with Crippen LogP contribution < -0.4 is 10.6 Å². The van der Waals surface area contributed by atoms with Crippen molar-refractivity contribution in [3.8, 4) is 0 Å². The molecule has 0 radical (unpaired) electrons. The van der Waals surface area contributed by atoms with Gasteiger partial charge in [0.25, 0.3) is 10.2 Å². The average molecular weight is 354 g/mol. The highest BCUT2D eigenvalue weighted by molar-refractivity contribution is 7.86. The maximum atomic E-state index is 12.5. The van der Waals surface area contributed by atoms with Crippen molar-refractivity contribution < 1.29 is 13.2 Å². The van der Waals surface area contributed by atoms with Crippen LogP contribution in [0.2, 0.25) is 0 Å². The van der Waals surface area contributed by atoms with Gasteiger partial charge in [0.2, 0.25) is 5.91 Å². The fourth-order valence-corrected chi connectivity index (χ4v) is 4.09. The number of carbonyl (C=O) groups is 1. The van der Waals surface area contributed by atoms with Crippen molar-refractivity contribution >= 4 is 21.8 Å². The summed E-state index contributed by atoms with van der Waals surface area (Å²) in [7, 11) is -1.74. The minimum Gasteiger partial charge on any atom is -0.369 e. The van der Waals surface area contributed by atoms with Crippen molar-refractivity contribution in [2.75, 3.05) is 44.7 Å². The van der Waals surface area contributed by atoms with Crippen molar-refractivity contribution in [3.63, 3.8) is 0 Å². The Labute approximate surface area is 144 Å². The lowest BCUT2D eigenvalue weighted by atomic mass is 10.2. The minimum absolute atomic E-state index is 0.451. The van der Waals surface area contributed by atoms with E-state index < -0.39 is 16.1 Å². The van der Waals surface area contributed by atoms with Gasteiger partial charge in [-0.25, -0.2) is 0 Å². The lowest BCUT2D eigenvalue weighted by Crippen LogP contribution is -2.52. The predicted octanol–water partition coefficient (Wildman–Crippen LogP) is 0.884. The number of nitrogens with zero attached hydrogens (tertiary/aromatic N) is 3. The molecule has 1 amide bonds. The van der Waals surface area contributed by atoms with Crippen molar-refractivity contribution in [3.05, 3.63) is 29.8 Å². The molecule has 1 aliphatic rings. The van der Waals surface area contributed by atoms with Crippen molar-refractivity contribution in [2.45, 2.75) is 19.8 Å². The molecular weight excluding hydrogens is 328 g/mol. The summed E-state index contributed by atoms with van der Waals surface area (Å²) in [4.78, 5) is 13.2. The predicted molar refractivity (Wildman–Crippen MR) is 95.2 cm³/mol. The van der Waals surface area contributed by atoms with Gasteiger partial charge in [-0.05, 0) is 30.7 Å². The Balaban J connectivity index is 1.96. The van der Waals surface area contributed by atoms with Gasteiger partial charge in [0.05, 0.1) is 0 Å². The van der Waals surface area contributed by atoms with Crippen molar-refractivity contribution in [2.24, 2.45) is 5.73 Å². The Morgan fingerprint density at radius 2 is 1.75 bits per heavy atom. The van der Waals surface area contributed by atoms with Gasteiger partial charge in [-0.2, -0.15) is 17.0 Å². The van der Waals surface area contributed by atoms with Crippen LogP contribution >= 0.6 is 0 Å². The van der Waals surface area contributed by atoms with E-state index in [1.54, 1.807) is 19.2 Å². The molecular formula is C16H26N4O3S. The van der Waals surface area contributed by atoms with Crippen LogP contribution in [-0.2, 0) is 10.2 Å². The van der Waals surface area contributed by atoms with Gasteiger partial charge in [-0.15, -0.1) is 0 Å². The average Bonchev–Trinajstić information content (AvgIpc) is 2.59. The molecule has 2 rings (SSSR count). The number of primary amides is 1. The molecule has 1 aromatic carbocycles. The monoisotopic (exact) mass is 354 g/mol. The molecule has 1 aromatic rings. The Kier molecular flexibility index (Phi) is 6.20. The first-order valence-corrected chi connectivity index (χ1v) is 9.62. The number of nitrogens with two attached hydrogens (primary N) is 1. The van der Waals surface area contributed by atoms with Gasteiger partial charge in [-0.1, -0.05) is 13.3 Å². The normalized spacial score (nSPS) is 16.5. The third-order valence-electron chi connectivity index (χ3n) is 4.30. The van der Waals surface area contributed by atoms with Crippen molar-refractivity contribution in [1.82, 2.24) is 8.61 Å². The number of amides is 1. The van der Waals surface area contributed by atoms with E-state index in [0.717, 1.165) is 18.5 Å². The first-order chi connectivity index (χ1) is 11.4. The van der Waals surface area contributed by atoms with Crippen LogP contribution in [0.15, 0.2) is 24.3 Å². The number of piperazine rings is 1. The third kappa shape index (κ3) is 4.25. The number of hydrogen-bond donors (Lipinski definition) is 1. The van der Waals surface area contributed by atoms with Crippen LogP contribution in [0.4, 0.5) is 5.69 Å².